The molecule has 3 atom stereocenters. The topological polar surface area (TPSA) is 46.3 Å². The van der Waals surface area contributed by atoms with Gasteiger partial charge in [0.05, 0.1) is 10.0 Å². The van der Waals surface area contributed by atoms with Gasteiger partial charge in [0.15, 0.2) is 0 Å². The molecule has 0 unspecified atom stereocenters. The molecule has 2 aliphatic rings. The van der Waals surface area contributed by atoms with Gasteiger partial charge in [-0.1, -0.05) is 29.3 Å². The van der Waals surface area contributed by atoms with Gasteiger partial charge < -0.3 is 10.6 Å². The molecule has 3 rings (SSSR count). The molecule has 1 aliphatic heterocycles. The normalized spacial score (nSPS) is 28.8. The number of hydrogen-bond donors (Lipinski definition) is 1. The number of carbonyl (C=O) groups is 1. The van der Waals surface area contributed by atoms with Crippen molar-refractivity contribution in [3.8, 4) is 0 Å². The maximum atomic E-state index is 12.4. The minimum atomic E-state index is 0.115. The Morgan fingerprint density at radius 1 is 1.35 bits per heavy atom. The predicted octanol–water partition coefficient (Wildman–Crippen LogP) is 2.90. The van der Waals surface area contributed by atoms with Crippen molar-refractivity contribution in [1.29, 1.82) is 0 Å². The van der Waals surface area contributed by atoms with Gasteiger partial charge in [0.2, 0.25) is 5.91 Å². The van der Waals surface area contributed by atoms with Crippen LogP contribution in [0.2, 0.25) is 10.0 Å². The van der Waals surface area contributed by atoms with Crippen molar-refractivity contribution >= 4 is 29.1 Å². The van der Waals surface area contributed by atoms with Crippen LogP contribution in [-0.4, -0.2) is 30.4 Å². The molecule has 108 valence electrons. The van der Waals surface area contributed by atoms with Gasteiger partial charge in [-0.25, -0.2) is 0 Å². The van der Waals surface area contributed by atoms with E-state index in [2.05, 4.69) is 0 Å². The van der Waals surface area contributed by atoms with Gasteiger partial charge in [-0.2, -0.15) is 0 Å². The van der Waals surface area contributed by atoms with Crippen molar-refractivity contribution in [2.75, 3.05) is 19.6 Å². The van der Waals surface area contributed by atoms with E-state index in [-0.39, 0.29) is 11.8 Å². The zero-order valence-electron chi connectivity index (χ0n) is 11.2. The Morgan fingerprint density at radius 3 is 2.80 bits per heavy atom. The molecule has 20 heavy (non-hydrogen) atoms. The molecule has 1 amide bonds. The predicted molar refractivity (Wildman–Crippen MR) is 81.1 cm³/mol. The second-order valence-electron chi connectivity index (χ2n) is 5.80. The first-order valence-corrected chi connectivity index (χ1v) is 7.79. The molecule has 3 nitrogen and oxygen atoms in total. The van der Waals surface area contributed by atoms with Crippen LogP contribution < -0.4 is 5.73 Å². The minimum Gasteiger partial charge on any atom is -0.342 e. The van der Waals surface area contributed by atoms with Crippen molar-refractivity contribution in [3.05, 3.63) is 33.8 Å². The lowest BCUT2D eigenvalue weighted by molar-refractivity contribution is -0.131. The quantitative estimate of drug-likeness (QED) is 0.932. The number of hydrogen-bond acceptors (Lipinski definition) is 2. The number of nitrogens with zero attached hydrogens (tertiary/aromatic N) is 1. The highest BCUT2D eigenvalue weighted by atomic mass is 35.5. The van der Waals surface area contributed by atoms with E-state index in [4.69, 9.17) is 28.9 Å². The smallest absolute Gasteiger partial charge is 0.226 e. The third-order valence-corrected chi connectivity index (χ3v) is 5.15. The van der Waals surface area contributed by atoms with Crippen LogP contribution in [0.15, 0.2) is 18.2 Å². The molecule has 1 aromatic rings. The molecule has 0 spiro atoms. The third kappa shape index (κ3) is 2.67. The van der Waals surface area contributed by atoms with Gasteiger partial charge in [-0.3, -0.25) is 4.79 Å². The molecule has 1 aliphatic carbocycles. The fraction of sp³-hybridized carbons (Fsp3) is 0.533. The van der Waals surface area contributed by atoms with Gasteiger partial charge in [-0.15, -0.1) is 0 Å². The lowest BCUT2D eigenvalue weighted by Gasteiger charge is -2.16. The van der Waals surface area contributed by atoms with Crippen molar-refractivity contribution < 1.29 is 4.79 Å². The minimum absolute atomic E-state index is 0.115. The lowest BCUT2D eigenvalue weighted by Crippen LogP contribution is -2.31. The zero-order valence-corrected chi connectivity index (χ0v) is 12.7. The zero-order chi connectivity index (χ0) is 14.3. The average molecular weight is 313 g/mol. The molecule has 1 saturated carbocycles. The number of rotatable bonds is 3. The van der Waals surface area contributed by atoms with Crippen LogP contribution in [0.25, 0.3) is 0 Å². The largest absolute Gasteiger partial charge is 0.342 e. The Labute approximate surface area is 129 Å². The first kappa shape index (κ1) is 14.2. The van der Waals surface area contributed by atoms with Crippen molar-refractivity contribution in [3.63, 3.8) is 0 Å². The van der Waals surface area contributed by atoms with Crippen molar-refractivity contribution in [2.45, 2.75) is 18.8 Å². The van der Waals surface area contributed by atoms with Gasteiger partial charge in [0.1, 0.15) is 0 Å². The summed E-state index contributed by atoms with van der Waals surface area (Å²) in [5, 5.41) is 1.12. The Morgan fingerprint density at radius 2 is 2.15 bits per heavy atom. The first-order valence-electron chi connectivity index (χ1n) is 7.04. The second-order valence-corrected chi connectivity index (χ2v) is 6.61. The van der Waals surface area contributed by atoms with Crippen molar-refractivity contribution in [2.24, 2.45) is 17.6 Å². The Balaban J connectivity index is 1.64. The average Bonchev–Trinajstić information content (AvgIpc) is 3.10. The fourth-order valence-corrected chi connectivity index (χ4v) is 3.35. The molecule has 5 heteroatoms. The summed E-state index contributed by atoms with van der Waals surface area (Å²) in [5.74, 6) is 1.16. The highest BCUT2D eigenvalue weighted by Crippen LogP contribution is 2.49. The summed E-state index contributed by atoms with van der Waals surface area (Å²) in [7, 11) is 0. The molecule has 2 fully saturated rings. The molecule has 0 bridgehead atoms. The number of carbonyl (C=O) groups excluding carboxylic acids is 1. The molecule has 1 heterocycles. The number of benzene rings is 1. The van der Waals surface area contributed by atoms with Crippen LogP contribution in [-0.2, 0) is 4.79 Å². The monoisotopic (exact) mass is 312 g/mol. The maximum absolute atomic E-state index is 12.4. The lowest BCUT2D eigenvalue weighted by atomic mass is 10.1. The first-order chi connectivity index (χ1) is 9.60. The van der Waals surface area contributed by atoms with E-state index in [1.807, 2.05) is 17.0 Å². The highest BCUT2D eigenvalue weighted by molar-refractivity contribution is 6.42. The Kier molecular flexibility index (Phi) is 3.93. The number of halogens is 2. The summed E-state index contributed by atoms with van der Waals surface area (Å²) in [6.07, 6.45) is 1.95. The molecule has 1 saturated heterocycles. The van der Waals surface area contributed by atoms with Crippen LogP contribution in [0.3, 0.4) is 0 Å². The van der Waals surface area contributed by atoms with E-state index < -0.39 is 0 Å². The fourth-order valence-electron chi connectivity index (χ4n) is 3.04. The summed E-state index contributed by atoms with van der Waals surface area (Å²) in [6, 6.07) is 5.66. The van der Waals surface area contributed by atoms with Crippen LogP contribution in [0.1, 0.15) is 24.3 Å². The standard InChI is InChI=1S/C15H18Cl2N2O/c16-13-2-1-10(5-14(13)17)11-6-12(11)15(20)19-4-3-9(7-18)8-19/h1-2,5,9,11-12H,3-4,6-8,18H2/t9-,11-,12-/m0/s1. The van der Waals surface area contributed by atoms with Gasteiger partial charge >= 0.3 is 0 Å². The summed E-state index contributed by atoms with van der Waals surface area (Å²) in [6.45, 7) is 2.34. The molecule has 1 aromatic carbocycles. The van der Waals surface area contributed by atoms with E-state index in [9.17, 15) is 4.79 Å². The summed E-state index contributed by atoms with van der Waals surface area (Å²) in [4.78, 5) is 14.4. The number of likely N-dealkylation sites (tertiary alicyclic amines) is 1. The number of nitrogens with two attached hydrogens (primary N) is 1. The molecular formula is C15H18Cl2N2O. The molecular weight excluding hydrogens is 295 g/mol. The summed E-state index contributed by atoms with van der Waals surface area (Å²) in [5.41, 5.74) is 6.79. The van der Waals surface area contributed by atoms with E-state index in [1.54, 1.807) is 6.07 Å². The molecule has 0 radical (unpaired) electrons. The summed E-state index contributed by atoms with van der Waals surface area (Å²) < 4.78 is 0. The van der Waals surface area contributed by atoms with Gasteiger partial charge in [0.25, 0.3) is 0 Å². The third-order valence-electron chi connectivity index (χ3n) is 4.41. The van der Waals surface area contributed by atoms with E-state index in [0.29, 0.717) is 28.4 Å². The maximum Gasteiger partial charge on any atom is 0.226 e. The van der Waals surface area contributed by atoms with Gasteiger partial charge in [-0.05, 0) is 48.9 Å². The van der Waals surface area contributed by atoms with E-state index in [1.165, 1.54) is 0 Å². The Hall–Kier alpha value is -0.770. The number of amides is 1. The SMILES string of the molecule is NC[C@@H]1CCN(C(=O)[C@H]2C[C@H]2c2ccc(Cl)c(Cl)c2)C1. The van der Waals surface area contributed by atoms with Crippen LogP contribution in [0, 0.1) is 11.8 Å². The van der Waals surface area contributed by atoms with Crippen molar-refractivity contribution in [1.82, 2.24) is 4.90 Å². The van der Waals surface area contributed by atoms with E-state index >= 15 is 0 Å². The molecule has 2 N–H and O–H groups in total. The second kappa shape index (κ2) is 5.55. The van der Waals surface area contributed by atoms with Crippen LogP contribution in [0.4, 0.5) is 0 Å². The highest BCUT2D eigenvalue weighted by Gasteiger charge is 2.46. The van der Waals surface area contributed by atoms with E-state index in [0.717, 1.165) is 31.5 Å². The van der Waals surface area contributed by atoms with Gasteiger partial charge in [0, 0.05) is 19.0 Å². The van der Waals surface area contributed by atoms with Crippen LogP contribution >= 0.6 is 23.2 Å². The Bertz CT molecular complexity index is 535. The van der Waals surface area contributed by atoms with Crippen LogP contribution in [0.5, 0.6) is 0 Å². The molecule has 0 aromatic heterocycles. The summed E-state index contributed by atoms with van der Waals surface area (Å²) >= 11 is 12.0.